The standard InChI is InChI=1S/C27H27N3O4S/c31-26(30-34)25-14-22-11-10-21(13-24(22)35-25)16-28-15-19-6-8-20(9-7-19)17-29-23(27(32)33)12-18-4-2-1-3-5-18/h1-11,13-14,23,28-29,34H,12,15-17H2,(H,30,31)(H,32,33)/t23-/m0/s1. The Morgan fingerprint density at radius 3 is 2.14 bits per heavy atom. The van der Waals surface area contributed by atoms with Crippen LogP contribution in [-0.2, 0) is 30.8 Å². The normalized spacial score (nSPS) is 11.9. The minimum absolute atomic E-state index is 0.436. The summed E-state index contributed by atoms with van der Waals surface area (Å²) in [5, 5.41) is 25.9. The fourth-order valence-electron chi connectivity index (χ4n) is 3.82. The average molecular weight is 490 g/mol. The number of carbonyl (C=O) groups is 2. The molecule has 1 amide bonds. The molecule has 0 saturated heterocycles. The van der Waals surface area contributed by atoms with E-state index < -0.39 is 17.9 Å². The summed E-state index contributed by atoms with van der Waals surface area (Å²) < 4.78 is 0.992. The Kier molecular flexibility index (Phi) is 8.23. The minimum Gasteiger partial charge on any atom is -0.480 e. The van der Waals surface area contributed by atoms with Crippen LogP contribution in [0.15, 0.2) is 78.9 Å². The fourth-order valence-corrected chi connectivity index (χ4v) is 4.83. The molecule has 0 saturated carbocycles. The number of hydrogen-bond acceptors (Lipinski definition) is 6. The molecule has 1 heterocycles. The van der Waals surface area contributed by atoms with Crippen LogP contribution >= 0.6 is 11.3 Å². The largest absolute Gasteiger partial charge is 0.480 e. The number of hydrogen-bond donors (Lipinski definition) is 5. The topological polar surface area (TPSA) is 111 Å². The highest BCUT2D eigenvalue weighted by atomic mass is 32.1. The van der Waals surface area contributed by atoms with Crippen molar-refractivity contribution < 1.29 is 19.9 Å². The van der Waals surface area contributed by atoms with E-state index in [0.717, 1.165) is 32.3 Å². The van der Waals surface area contributed by atoms with Crippen LogP contribution in [0, 0.1) is 0 Å². The second kappa shape index (κ2) is 11.7. The zero-order valence-corrected chi connectivity index (χ0v) is 19.8. The summed E-state index contributed by atoms with van der Waals surface area (Å²) in [6.45, 7) is 1.85. The first-order chi connectivity index (χ1) is 17.0. The molecule has 0 fully saturated rings. The summed E-state index contributed by atoms with van der Waals surface area (Å²) in [6.07, 6.45) is 0.436. The van der Waals surface area contributed by atoms with E-state index in [2.05, 4.69) is 10.6 Å². The summed E-state index contributed by atoms with van der Waals surface area (Å²) >= 11 is 1.34. The number of carboxylic acids is 1. The van der Waals surface area contributed by atoms with Crippen LogP contribution < -0.4 is 16.1 Å². The van der Waals surface area contributed by atoms with Crippen molar-refractivity contribution in [3.05, 3.63) is 106 Å². The first kappa shape index (κ1) is 24.6. The molecule has 35 heavy (non-hydrogen) atoms. The van der Waals surface area contributed by atoms with Crippen LogP contribution in [-0.4, -0.2) is 28.2 Å². The summed E-state index contributed by atoms with van der Waals surface area (Å²) in [5.74, 6) is -1.36. The Hall–Kier alpha value is -3.56. The second-order valence-electron chi connectivity index (χ2n) is 8.31. The molecule has 0 radical (unpaired) electrons. The highest BCUT2D eigenvalue weighted by Crippen LogP contribution is 2.26. The molecule has 0 unspecified atom stereocenters. The van der Waals surface area contributed by atoms with Gasteiger partial charge < -0.3 is 15.7 Å². The quantitative estimate of drug-likeness (QED) is 0.160. The summed E-state index contributed by atoms with van der Waals surface area (Å²) in [7, 11) is 0. The summed E-state index contributed by atoms with van der Waals surface area (Å²) in [6, 6.07) is 24.9. The summed E-state index contributed by atoms with van der Waals surface area (Å²) in [4.78, 5) is 23.7. The fraction of sp³-hybridized carbons (Fsp3) is 0.185. The van der Waals surface area contributed by atoms with E-state index in [1.165, 1.54) is 11.3 Å². The molecule has 0 bridgehead atoms. The molecule has 0 aliphatic rings. The maximum atomic E-state index is 11.6. The van der Waals surface area contributed by atoms with Gasteiger partial charge in [-0.15, -0.1) is 11.3 Å². The monoisotopic (exact) mass is 489 g/mol. The Bertz CT molecular complexity index is 1290. The van der Waals surface area contributed by atoms with Gasteiger partial charge in [0.1, 0.15) is 6.04 Å². The van der Waals surface area contributed by atoms with Gasteiger partial charge in [0.15, 0.2) is 0 Å². The molecule has 4 rings (SSSR count). The van der Waals surface area contributed by atoms with Crippen molar-refractivity contribution in [2.45, 2.75) is 32.1 Å². The van der Waals surface area contributed by atoms with Crippen molar-refractivity contribution in [1.29, 1.82) is 0 Å². The molecule has 7 nitrogen and oxygen atoms in total. The number of thiophene rings is 1. The molecule has 3 aromatic carbocycles. The van der Waals surface area contributed by atoms with Crippen LogP contribution in [0.4, 0.5) is 0 Å². The molecule has 0 spiro atoms. The van der Waals surface area contributed by atoms with E-state index in [-0.39, 0.29) is 0 Å². The maximum absolute atomic E-state index is 11.6. The van der Waals surface area contributed by atoms with Crippen molar-refractivity contribution >= 4 is 33.3 Å². The number of rotatable bonds is 11. The first-order valence-corrected chi connectivity index (χ1v) is 12.1. The molecule has 4 aromatic rings. The number of aliphatic carboxylic acids is 1. The number of hydroxylamine groups is 1. The van der Waals surface area contributed by atoms with Gasteiger partial charge >= 0.3 is 5.97 Å². The number of benzene rings is 3. The molecular formula is C27H27N3O4S. The third-order valence-corrected chi connectivity index (χ3v) is 6.82. The smallest absolute Gasteiger partial charge is 0.321 e. The lowest BCUT2D eigenvalue weighted by Gasteiger charge is -2.15. The zero-order chi connectivity index (χ0) is 24.6. The Morgan fingerprint density at radius 2 is 1.46 bits per heavy atom. The number of carboxylic acid groups (broad SMARTS) is 1. The molecule has 5 N–H and O–H groups in total. The highest BCUT2D eigenvalue weighted by molar-refractivity contribution is 7.20. The van der Waals surface area contributed by atoms with Gasteiger partial charge in [-0.25, -0.2) is 5.48 Å². The SMILES string of the molecule is O=C(NO)c1cc2ccc(CNCc3ccc(CN[C@@H](Cc4ccccc4)C(=O)O)cc3)cc2s1. The lowest BCUT2D eigenvalue weighted by molar-refractivity contribution is -0.139. The van der Waals surface area contributed by atoms with Gasteiger partial charge in [0.2, 0.25) is 0 Å². The third-order valence-electron chi connectivity index (χ3n) is 5.72. The Morgan fingerprint density at radius 1 is 0.800 bits per heavy atom. The van der Waals surface area contributed by atoms with Gasteiger partial charge in [-0.2, -0.15) is 0 Å². The van der Waals surface area contributed by atoms with Crippen molar-refractivity contribution in [1.82, 2.24) is 16.1 Å². The number of fused-ring (bicyclic) bond motifs is 1. The Balaban J connectivity index is 1.26. The van der Waals surface area contributed by atoms with E-state index in [0.29, 0.717) is 30.9 Å². The van der Waals surface area contributed by atoms with Gasteiger partial charge in [0, 0.05) is 24.3 Å². The van der Waals surface area contributed by atoms with Gasteiger partial charge in [0.05, 0.1) is 4.88 Å². The van der Waals surface area contributed by atoms with Crippen LogP contribution in [0.25, 0.3) is 10.1 Å². The molecule has 180 valence electrons. The number of carbonyl (C=O) groups excluding carboxylic acids is 1. The van der Waals surface area contributed by atoms with E-state index in [1.54, 1.807) is 11.5 Å². The van der Waals surface area contributed by atoms with E-state index >= 15 is 0 Å². The zero-order valence-electron chi connectivity index (χ0n) is 19.0. The van der Waals surface area contributed by atoms with Gasteiger partial charge in [-0.3, -0.25) is 14.8 Å². The minimum atomic E-state index is -0.858. The predicted octanol–water partition coefficient (Wildman–Crippen LogP) is 4.10. The molecule has 0 aliphatic heterocycles. The average Bonchev–Trinajstić information content (AvgIpc) is 3.31. The van der Waals surface area contributed by atoms with Crippen LogP contribution in [0.2, 0.25) is 0 Å². The molecule has 1 aromatic heterocycles. The third kappa shape index (κ3) is 6.74. The first-order valence-electron chi connectivity index (χ1n) is 11.3. The van der Waals surface area contributed by atoms with Gasteiger partial charge in [0.25, 0.3) is 5.91 Å². The second-order valence-corrected chi connectivity index (χ2v) is 9.39. The van der Waals surface area contributed by atoms with E-state index in [1.807, 2.05) is 72.8 Å². The van der Waals surface area contributed by atoms with Gasteiger partial charge in [-0.05, 0) is 46.2 Å². The summed E-state index contributed by atoms with van der Waals surface area (Å²) in [5.41, 5.74) is 5.92. The van der Waals surface area contributed by atoms with E-state index in [9.17, 15) is 14.7 Å². The number of amides is 1. The van der Waals surface area contributed by atoms with Crippen molar-refractivity contribution in [3.63, 3.8) is 0 Å². The van der Waals surface area contributed by atoms with Gasteiger partial charge in [-0.1, -0.05) is 66.7 Å². The molecule has 0 aliphatic carbocycles. The molecular weight excluding hydrogens is 462 g/mol. The van der Waals surface area contributed by atoms with Crippen molar-refractivity contribution in [3.8, 4) is 0 Å². The maximum Gasteiger partial charge on any atom is 0.321 e. The van der Waals surface area contributed by atoms with Crippen LogP contribution in [0.3, 0.4) is 0 Å². The molecule has 1 atom stereocenters. The number of nitrogens with one attached hydrogen (secondary N) is 3. The predicted molar refractivity (Wildman–Crippen MR) is 136 cm³/mol. The van der Waals surface area contributed by atoms with E-state index in [4.69, 9.17) is 5.21 Å². The van der Waals surface area contributed by atoms with Crippen LogP contribution in [0.1, 0.15) is 31.9 Å². The lowest BCUT2D eigenvalue weighted by atomic mass is 10.1. The lowest BCUT2D eigenvalue weighted by Crippen LogP contribution is -2.38. The van der Waals surface area contributed by atoms with Crippen LogP contribution in [0.5, 0.6) is 0 Å². The molecule has 8 heteroatoms. The van der Waals surface area contributed by atoms with Crippen molar-refractivity contribution in [2.75, 3.05) is 0 Å². The highest BCUT2D eigenvalue weighted by Gasteiger charge is 2.17. The Labute approximate surface area is 207 Å². The van der Waals surface area contributed by atoms with Crippen molar-refractivity contribution in [2.24, 2.45) is 0 Å².